The van der Waals surface area contributed by atoms with Crippen molar-refractivity contribution in [2.75, 3.05) is 18.5 Å². The van der Waals surface area contributed by atoms with E-state index in [0.29, 0.717) is 24.6 Å². The zero-order valence-corrected chi connectivity index (χ0v) is 13.4. The second kappa shape index (κ2) is 6.94. The van der Waals surface area contributed by atoms with Gasteiger partial charge in [-0.15, -0.1) is 11.3 Å². The average Bonchev–Trinajstić information content (AvgIpc) is 2.92. The van der Waals surface area contributed by atoms with Crippen molar-refractivity contribution in [3.05, 3.63) is 35.0 Å². The Kier molecular flexibility index (Phi) is 5.42. The first-order valence-corrected chi connectivity index (χ1v) is 8.53. The van der Waals surface area contributed by atoms with Crippen molar-refractivity contribution in [2.45, 2.75) is 11.0 Å². The van der Waals surface area contributed by atoms with Crippen molar-refractivity contribution in [1.29, 1.82) is 0 Å². The third-order valence-electron chi connectivity index (χ3n) is 2.97. The fourth-order valence-electron chi connectivity index (χ4n) is 1.95. The van der Waals surface area contributed by atoms with E-state index in [-0.39, 0.29) is 29.9 Å². The summed E-state index contributed by atoms with van der Waals surface area (Å²) >= 11 is 1.50. The number of anilines is 1. The van der Waals surface area contributed by atoms with Crippen LogP contribution in [0.15, 0.2) is 39.9 Å². The van der Waals surface area contributed by atoms with Gasteiger partial charge < -0.3 is 19.3 Å². The molecule has 2 aromatic rings. The van der Waals surface area contributed by atoms with Gasteiger partial charge in [-0.1, -0.05) is 6.07 Å². The monoisotopic (exact) mass is 333 g/mol. The van der Waals surface area contributed by atoms with Crippen molar-refractivity contribution in [1.82, 2.24) is 0 Å². The van der Waals surface area contributed by atoms with Crippen LogP contribution in [0.4, 0.5) is 5.69 Å². The summed E-state index contributed by atoms with van der Waals surface area (Å²) in [7, 11) is -4.45. The summed E-state index contributed by atoms with van der Waals surface area (Å²) in [5.41, 5.74) is 0.548. The first kappa shape index (κ1) is 17.2. The van der Waals surface area contributed by atoms with Gasteiger partial charge in [0.05, 0.1) is 11.4 Å². The second-order valence-corrected chi connectivity index (χ2v) is 6.64. The molecule has 0 radical (unpaired) electrons. The molecule has 0 saturated heterocycles. The van der Waals surface area contributed by atoms with Crippen molar-refractivity contribution >= 4 is 27.1 Å². The number of benzene rings is 1. The predicted molar refractivity (Wildman–Crippen MR) is 77.1 cm³/mol. The topological polar surface area (TPSA) is 87.7 Å². The smallest absolute Gasteiger partial charge is 0.744 e. The molecule has 22 heavy (non-hydrogen) atoms. The van der Waals surface area contributed by atoms with Gasteiger partial charge in [-0.25, -0.2) is 8.42 Å². The van der Waals surface area contributed by atoms with Gasteiger partial charge in [0.2, 0.25) is 0 Å². The molecule has 1 aromatic heterocycles. The zero-order valence-electron chi connectivity index (χ0n) is 11.8. The largest absolute Gasteiger partial charge is 1.00 e. The minimum absolute atomic E-state index is 0. The van der Waals surface area contributed by atoms with Gasteiger partial charge in [0.25, 0.3) is 0 Å². The van der Waals surface area contributed by atoms with E-state index in [2.05, 4.69) is 5.32 Å². The van der Waals surface area contributed by atoms with Crippen LogP contribution in [0.25, 0.3) is 0 Å². The Balaban J connectivity index is 0.00000176. The number of hydrogen-bond acceptors (Lipinski definition) is 7. The molecule has 6 nitrogen and oxygen atoms in total. The SMILES string of the molecule is O=S(=O)([O-])c1cccc(NCC2COc3cscc3O2)c1.[Li+]. The molecule has 1 aliphatic heterocycles. The van der Waals surface area contributed by atoms with Crippen LogP contribution in [-0.4, -0.2) is 32.2 Å². The van der Waals surface area contributed by atoms with Crippen molar-refractivity contribution in [2.24, 2.45) is 0 Å². The number of nitrogens with one attached hydrogen (secondary N) is 1. The van der Waals surface area contributed by atoms with Crippen LogP contribution < -0.4 is 33.7 Å². The fraction of sp³-hybridized carbons (Fsp3) is 0.231. The Bertz CT molecular complexity index is 746. The zero-order chi connectivity index (χ0) is 14.9. The van der Waals surface area contributed by atoms with E-state index < -0.39 is 10.1 Å². The molecule has 0 saturated carbocycles. The summed E-state index contributed by atoms with van der Waals surface area (Å²) in [5.74, 6) is 1.46. The third kappa shape index (κ3) is 3.97. The van der Waals surface area contributed by atoms with Crippen LogP contribution in [-0.2, 0) is 10.1 Å². The van der Waals surface area contributed by atoms with Crippen LogP contribution >= 0.6 is 11.3 Å². The molecule has 1 aliphatic rings. The maximum atomic E-state index is 11.0. The average molecular weight is 333 g/mol. The maximum absolute atomic E-state index is 11.0. The van der Waals surface area contributed by atoms with Crippen LogP contribution in [0.2, 0.25) is 0 Å². The predicted octanol–water partition coefficient (Wildman–Crippen LogP) is -1.09. The number of ether oxygens (including phenoxy) is 2. The van der Waals surface area contributed by atoms with Crippen LogP contribution in [0.5, 0.6) is 11.5 Å². The van der Waals surface area contributed by atoms with E-state index in [1.807, 2.05) is 10.8 Å². The normalized spacial score (nSPS) is 16.7. The molecule has 1 N–H and O–H groups in total. The van der Waals surface area contributed by atoms with E-state index in [1.54, 1.807) is 6.07 Å². The Hall–Kier alpha value is -1.17. The van der Waals surface area contributed by atoms with Gasteiger partial charge in [-0.3, -0.25) is 0 Å². The van der Waals surface area contributed by atoms with Gasteiger partial charge in [-0.05, 0) is 18.2 Å². The van der Waals surface area contributed by atoms with E-state index in [9.17, 15) is 13.0 Å². The molecule has 0 spiro atoms. The number of hydrogen-bond donors (Lipinski definition) is 1. The summed E-state index contributed by atoms with van der Waals surface area (Å²) in [6.45, 7) is 0.855. The van der Waals surface area contributed by atoms with E-state index in [4.69, 9.17) is 9.47 Å². The van der Waals surface area contributed by atoms with Gasteiger partial charge in [-0.2, -0.15) is 0 Å². The maximum Gasteiger partial charge on any atom is 1.00 e. The first-order valence-electron chi connectivity index (χ1n) is 6.18. The summed E-state index contributed by atoms with van der Waals surface area (Å²) in [5, 5.41) is 6.79. The van der Waals surface area contributed by atoms with Crippen molar-refractivity contribution in [3.63, 3.8) is 0 Å². The minimum atomic E-state index is -4.45. The Morgan fingerprint density at radius 3 is 2.86 bits per heavy atom. The molecule has 2 heterocycles. The van der Waals surface area contributed by atoms with E-state index >= 15 is 0 Å². The number of fused-ring (bicyclic) bond motifs is 1. The van der Waals surface area contributed by atoms with E-state index in [0.717, 1.165) is 5.75 Å². The van der Waals surface area contributed by atoms with Gasteiger partial charge in [0.1, 0.15) is 22.8 Å². The summed E-state index contributed by atoms with van der Waals surface area (Å²) in [4.78, 5) is -0.256. The first-order chi connectivity index (χ1) is 10.0. The molecule has 0 amide bonds. The molecule has 0 bridgehead atoms. The van der Waals surface area contributed by atoms with Crippen LogP contribution in [0.3, 0.4) is 0 Å². The molecule has 0 aliphatic carbocycles. The summed E-state index contributed by atoms with van der Waals surface area (Å²) < 4.78 is 44.2. The molecular weight excluding hydrogens is 321 g/mol. The standard InChI is InChI=1S/C13H13NO5S2.Li/c15-21(16,17)11-3-1-2-9(4-11)14-5-10-6-18-12-7-20-8-13(12)19-10;/h1-4,7-8,10,14H,5-6H2,(H,15,16,17);/q;+1/p-1. The molecular formula is C13H12LiNO5S2. The molecule has 0 fully saturated rings. The van der Waals surface area contributed by atoms with Crippen LogP contribution in [0.1, 0.15) is 0 Å². The molecule has 1 aromatic carbocycles. The molecule has 1 atom stereocenters. The van der Waals surface area contributed by atoms with Crippen molar-refractivity contribution < 1.29 is 41.3 Å². The third-order valence-corrected chi connectivity index (χ3v) is 4.50. The Morgan fingerprint density at radius 1 is 1.32 bits per heavy atom. The van der Waals surface area contributed by atoms with Gasteiger partial charge in [0.15, 0.2) is 11.5 Å². The Morgan fingerprint density at radius 2 is 2.09 bits per heavy atom. The quantitative estimate of drug-likeness (QED) is 0.565. The summed E-state index contributed by atoms with van der Waals surface area (Å²) in [6.07, 6.45) is -0.181. The molecule has 112 valence electrons. The molecule has 3 rings (SSSR count). The van der Waals surface area contributed by atoms with Gasteiger partial charge >= 0.3 is 18.9 Å². The molecule has 1 unspecified atom stereocenters. The second-order valence-electron chi connectivity index (χ2n) is 4.51. The fourth-order valence-corrected chi connectivity index (χ4v) is 3.14. The summed E-state index contributed by atoms with van der Waals surface area (Å²) in [6, 6.07) is 5.78. The van der Waals surface area contributed by atoms with E-state index in [1.165, 1.54) is 29.5 Å². The van der Waals surface area contributed by atoms with Crippen LogP contribution in [0, 0.1) is 0 Å². The van der Waals surface area contributed by atoms with Crippen molar-refractivity contribution in [3.8, 4) is 11.5 Å². The number of thiophene rings is 1. The minimum Gasteiger partial charge on any atom is -0.744 e. The molecule has 9 heteroatoms. The number of rotatable bonds is 4. The van der Waals surface area contributed by atoms with Gasteiger partial charge in [0, 0.05) is 16.4 Å². The Labute approximate surface area is 144 Å².